The zero-order chi connectivity index (χ0) is 15.4. The maximum Gasteiger partial charge on any atom is 0.270 e. The summed E-state index contributed by atoms with van der Waals surface area (Å²) in [5, 5.41) is 20.7. The Morgan fingerprint density at radius 3 is 2.81 bits per heavy atom. The monoisotopic (exact) mass is 292 g/mol. The van der Waals surface area contributed by atoms with Gasteiger partial charge in [0.05, 0.1) is 11.0 Å². The predicted octanol–water partition coefficient (Wildman–Crippen LogP) is 2.22. The molecule has 0 aliphatic heterocycles. The Morgan fingerprint density at radius 2 is 2.14 bits per heavy atom. The molecule has 114 valence electrons. The number of carbonyl (C=O) groups is 1. The van der Waals surface area contributed by atoms with Crippen molar-refractivity contribution in [1.82, 2.24) is 4.90 Å². The fraction of sp³-hybridized carbons (Fsp3) is 0.533. The fourth-order valence-corrected chi connectivity index (χ4v) is 2.81. The molecule has 2 atom stereocenters. The Kier molecular flexibility index (Phi) is 4.90. The predicted molar refractivity (Wildman–Crippen MR) is 78.0 cm³/mol. The second kappa shape index (κ2) is 6.67. The van der Waals surface area contributed by atoms with Gasteiger partial charge in [0, 0.05) is 37.2 Å². The van der Waals surface area contributed by atoms with E-state index >= 15 is 0 Å². The molecule has 1 aromatic rings. The van der Waals surface area contributed by atoms with Crippen LogP contribution in [0.3, 0.4) is 0 Å². The average Bonchev–Trinajstić information content (AvgIpc) is 2.49. The van der Waals surface area contributed by atoms with E-state index in [4.69, 9.17) is 0 Å². The van der Waals surface area contributed by atoms with Crippen LogP contribution in [0.2, 0.25) is 0 Å². The third kappa shape index (κ3) is 3.78. The second-order valence-corrected chi connectivity index (χ2v) is 5.60. The summed E-state index contributed by atoms with van der Waals surface area (Å²) >= 11 is 0. The quantitative estimate of drug-likeness (QED) is 0.681. The van der Waals surface area contributed by atoms with Crippen LogP contribution in [0.25, 0.3) is 0 Å². The van der Waals surface area contributed by atoms with E-state index in [0.717, 1.165) is 25.7 Å². The number of hydrogen-bond acceptors (Lipinski definition) is 4. The van der Waals surface area contributed by atoms with Gasteiger partial charge in [-0.3, -0.25) is 14.9 Å². The number of aliphatic hydroxyl groups is 1. The molecule has 0 heterocycles. The first-order valence-corrected chi connectivity index (χ1v) is 7.17. The van der Waals surface area contributed by atoms with Crippen molar-refractivity contribution in [2.45, 2.75) is 31.8 Å². The van der Waals surface area contributed by atoms with Gasteiger partial charge in [0.1, 0.15) is 0 Å². The van der Waals surface area contributed by atoms with Gasteiger partial charge in [0.25, 0.3) is 11.6 Å². The molecule has 2 unspecified atom stereocenters. The lowest BCUT2D eigenvalue weighted by Gasteiger charge is -2.31. The molecule has 0 bridgehead atoms. The lowest BCUT2D eigenvalue weighted by atomic mass is 9.86. The first-order chi connectivity index (χ1) is 9.99. The van der Waals surface area contributed by atoms with E-state index in [1.54, 1.807) is 13.1 Å². The highest BCUT2D eigenvalue weighted by Gasteiger charge is 2.26. The SMILES string of the molecule is CN(CC1CCCCC1O)C(=O)c1cccc([N+](=O)[O-])c1. The van der Waals surface area contributed by atoms with Crippen molar-refractivity contribution in [3.8, 4) is 0 Å². The van der Waals surface area contributed by atoms with Crippen molar-refractivity contribution >= 4 is 11.6 Å². The molecule has 0 spiro atoms. The molecule has 1 fully saturated rings. The highest BCUT2D eigenvalue weighted by Crippen LogP contribution is 2.25. The molecule has 0 saturated heterocycles. The minimum Gasteiger partial charge on any atom is -0.393 e. The van der Waals surface area contributed by atoms with Gasteiger partial charge >= 0.3 is 0 Å². The Balaban J connectivity index is 2.04. The number of amides is 1. The van der Waals surface area contributed by atoms with Gasteiger partial charge in [-0.15, -0.1) is 0 Å². The number of hydrogen-bond donors (Lipinski definition) is 1. The first kappa shape index (κ1) is 15.4. The van der Waals surface area contributed by atoms with Gasteiger partial charge in [0.2, 0.25) is 0 Å². The Bertz CT molecular complexity index is 532. The van der Waals surface area contributed by atoms with Crippen LogP contribution in [0.15, 0.2) is 24.3 Å². The summed E-state index contributed by atoms with van der Waals surface area (Å²) in [6.45, 7) is 0.475. The summed E-state index contributed by atoms with van der Waals surface area (Å²) in [7, 11) is 1.67. The molecule has 1 saturated carbocycles. The maximum absolute atomic E-state index is 12.3. The molecular weight excluding hydrogens is 272 g/mol. The molecular formula is C15H20N2O4. The number of aliphatic hydroxyl groups excluding tert-OH is 1. The Hall–Kier alpha value is -1.95. The molecule has 1 aromatic carbocycles. The van der Waals surface area contributed by atoms with E-state index < -0.39 is 4.92 Å². The number of rotatable bonds is 4. The van der Waals surface area contributed by atoms with Gasteiger partial charge in [0.15, 0.2) is 0 Å². The van der Waals surface area contributed by atoms with E-state index in [9.17, 15) is 20.0 Å². The number of benzene rings is 1. The molecule has 21 heavy (non-hydrogen) atoms. The number of nitrogens with zero attached hydrogens (tertiary/aromatic N) is 2. The summed E-state index contributed by atoms with van der Waals surface area (Å²) in [5.41, 5.74) is 0.212. The highest BCUT2D eigenvalue weighted by atomic mass is 16.6. The van der Waals surface area contributed by atoms with Crippen molar-refractivity contribution in [3.63, 3.8) is 0 Å². The van der Waals surface area contributed by atoms with E-state index in [-0.39, 0.29) is 23.6 Å². The normalized spacial score (nSPS) is 21.8. The molecule has 1 aliphatic rings. The fourth-order valence-electron chi connectivity index (χ4n) is 2.81. The topological polar surface area (TPSA) is 83.7 Å². The minimum absolute atomic E-state index is 0.0893. The van der Waals surface area contributed by atoms with E-state index in [0.29, 0.717) is 12.1 Å². The van der Waals surface area contributed by atoms with Crippen LogP contribution in [-0.2, 0) is 0 Å². The zero-order valence-electron chi connectivity index (χ0n) is 12.1. The van der Waals surface area contributed by atoms with Gasteiger partial charge in [-0.25, -0.2) is 0 Å². The Morgan fingerprint density at radius 1 is 1.43 bits per heavy atom. The van der Waals surface area contributed by atoms with Crippen LogP contribution in [0.4, 0.5) is 5.69 Å². The molecule has 6 heteroatoms. The van der Waals surface area contributed by atoms with E-state index in [1.165, 1.54) is 23.1 Å². The van der Waals surface area contributed by atoms with Crippen LogP contribution in [-0.4, -0.2) is 40.5 Å². The zero-order valence-corrected chi connectivity index (χ0v) is 12.1. The lowest BCUT2D eigenvalue weighted by molar-refractivity contribution is -0.384. The first-order valence-electron chi connectivity index (χ1n) is 7.17. The van der Waals surface area contributed by atoms with Crippen LogP contribution < -0.4 is 0 Å². The maximum atomic E-state index is 12.3. The summed E-state index contributed by atoms with van der Waals surface area (Å²) in [5.74, 6) is -0.164. The van der Waals surface area contributed by atoms with Crippen molar-refractivity contribution in [2.24, 2.45) is 5.92 Å². The van der Waals surface area contributed by atoms with Crippen molar-refractivity contribution in [1.29, 1.82) is 0 Å². The van der Waals surface area contributed by atoms with Crippen LogP contribution in [0.1, 0.15) is 36.0 Å². The molecule has 2 rings (SSSR count). The highest BCUT2D eigenvalue weighted by molar-refractivity contribution is 5.94. The summed E-state index contributed by atoms with van der Waals surface area (Å²) in [4.78, 5) is 24.1. The lowest BCUT2D eigenvalue weighted by Crippen LogP contribution is -2.38. The van der Waals surface area contributed by atoms with Gasteiger partial charge < -0.3 is 10.0 Å². The number of carbonyl (C=O) groups excluding carboxylic acids is 1. The van der Waals surface area contributed by atoms with E-state index in [1.807, 2.05) is 0 Å². The molecule has 0 radical (unpaired) electrons. The standard InChI is InChI=1S/C15H20N2O4/c1-16(10-12-5-2-3-8-14(12)18)15(19)11-6-4-7-13(9-11)17(20)21/h4,6-7,9,12,14,18H,2-3,5,8,10H2,1H3. The largest absolute Gasteiger partial charge is 0.393 e. The van der Waals surface area contributed by atoms with Crippen LogP contribution >= 0.6 is 0 Å². The molecule has 1 N–H and O–H groups in total. The van der Waals surface area contributed by atoms with Gasteiger partial charge in [-0.05, 0) is 18.9 Å². The second-order valence-electron chi connectivity index (χ2n) is 5.60. The van der Waals surface area contributed by atoms with Crippen molar-refractivity contribution in [3.05, 3.63) is 39.9 Å². The summed E-state index contributed by atoms with van der Waals surface area (Å²) in [6.07, 6.45) is 3.43. The average molecular weight is 292 g/mol. The van der Waals surface area contributed by atoms with E-state index in [2.05, 4.69) is 0 Å². The van der Waals surface area contributed by atoms with Crippen molar-refractivity contribution in [2.75, 3.05) is 13.6 Å². The molecule has 6 nitrogen and oxygen atoms in total. The smallest absolute Gasteiger partial charge is 0.270 e. The van der Waals surface area contributed by atoms with Crippen LogP contribution in [0.5, 0.6) is 0 Å². The third-order valence-electron chi connectivity index (χ3n) is 4.03. The number of non-ortho nitro benzene ring substituents is 1. The molecule has 1 amide bonds. The van der Waals surface area contributed by atoms with Gasteiger partial charge in [-0.2, -0.15) is 0 Å². The van der Waals surface area contributed by atoms with Crippen LogP contribution in [0, 0.1) is 16.0 Å². The minimum atomic E-state index is -0.512. The number of nitro groups is 1. The van der Waals surface area contributed by atoms with Gasteiger partial charge in [-0.1, -0.05) is 18.9 Å². The summed E-state index contributed by atoms with van der Waals surface area (Å²) in [6, 6.07) is 5.73. The summed E-state index contributed by atoms with van der Waals surface area (Å²) < 4.78 is 0. The third-order valence-corrected chi connectivity index (χ3v) is 4.03. The molecule has 0 aromatic heterocycles. The Labute approximate surface area is 123 Å². The van der Waals surface area contributed by atoms with Crippen molar-refractivity contribution < 1.29 is 14.8 Å². The molecule has 1 aliphatic carbocycles. The number of nitro benzene ring substituents is 1.